The molecule has 1 aliphatic carbocycles. The minimum atomic E-state index is -0.422. The maximum absolute atomic E-state index is 12.3. The van der Waals surface area contributed by atoms with Gasteiger partial charge in [0.1, 0.15) is 5.54 Å². The fourth-order valence-electron chi connectivity index (χ4n) is 4.11. The van der Waals surface area contributed by atoms with E-state index in [-0.39, 0.29) is 5.97 Å². The molecule has 0 aromatic carbocycles. The molecule has 20 heavy (non-hydrogen) atoms. The number of hydrogen-bond acceptors (Lipinski definition) is 4. The minimum Gasteiger partial charge on any atom is -0.468 e. The molecule has 0 bridgehead atoms. The number of methoxy groups -OCH3 is 1. The van der Waals surface area contributed by atoms with Crippen molar-refractivity contribution in [2.24, 2.45) is 11.8 Å². The van der Waals surface area contributed by atoms with Gasteiger partial charge in [-0.15, -0.1) is 0 Å². The summed E-state index contributed by atoms with van der Waals surface area (Å²) in [5.74, 6) is 1.19. The lowest BCUT2D eigenvalue weighted by atomic mass is 9.84. The van der Waals surface area contributed by atoms with E-state index in [0.717, 1.165) is 44.7 Å². The SMILES string of the molecule is CCNC1(C(=O)OC)CCCC1CCN1CCC(C)C1. The van der Waals surface area contributed by atoms with Crippen LogP contribution in [0.1, 0.15) is 46.0 Å². The van der Waals surface area contributed by atoms with Crippen LogP contribution in [-0.4, -0.2) is 49.7 Å². The maximum Gasteiger partial charge on any atom is 0.326 e. The summed E-state index contributed by atoms with van der Waals surface area (Å²) in [5.41, 5.74) is -0.422. The predicted molar refractivity (Wildman–Crippen MR) is 80.6 cm³/mol. The Morgan fingerprint density at radius 2 is 2.25 bits per heavy atom. The monoisotopic (exact) mass is 282 g/mol. The van der Waals surface area contributed by atoms with Crippen molar-refractivity contribution < 1.29 is 9.53 Å². The first-order chi connectivity index (χ1) is 9.62. The minimum absolute atomic E-state index is 0.0587. The van der Waals surface area contributed by atoms with Gasteiger partial charge in [-0.1, -0.05) is 20.3 Å². The van der Waals surface area contributed by atoms with Gasteiger partial charge in [0.2, 0.25) is 0 Å². The van der Waals surface area contributed by atoms with Crippen LogP contribution in [0.4, 0.5) is 0 Å². The van der Waals surface area contributed by atoms with E-state index in [0.29, 0.717) is 5.92 Å². The molecular weight excluding hydrogens is 252 g/mol. The summed E-state index contributed by atoms with van der Waals surface area (Å²) >= 11 is 0. The van der Waals surface area contributed by atoms with Crippen LogP contribution in [0.5, 0.6) is 0 Å². The molecule has 0 spiro atoms. The summed E-state index contributed by atoms with van der Waals surface area (Å²) in [5, 5.41) is 3.45. The second-order valence-electron chi connectivity index (χ2n) is 6.57. The first-order valence-corrected chi connectivity index (χ1v) is 8.18. The number of nitrogens with zero attached hydrogens (tertiary/aromatic N) is 1. The predicted octanol–water partition coefficient (Wildman–Crippen LogP) is 2.04. The topological polar surface area (TPSA) is 41.6 Å². The van der Waals surface area contributed by atoms with E-state index >= 15 is 0 Å². The molecular formula is C16H30N2O2. The molecule has 116 valence electrons. The third-order valence-electron chi connectivity index (χ3n) is 5.16. The molecule has 2 aliphatic rings. The maximum atomic E-state index is 12.3. The Morgan fingerprint density at radius 3 is 2.85 bits per heavy atom. The van der Waals surface area contributed by atoms with Gasteiger partial charge in [0.15, 0.2) is 0 Å². The molecule has 2 fully saturated rings. The molecule has 4 nitrogen and oxygen atoms in total. The molecule has 1 saturated carbocycles. The van der Waals surface area contributed by atoms with Crippen molar-refractivity contribution >= 4 is 5.97 Å². The number of ether oxygens (including phenoxy) is 1. The molecule has 3 unspecified atom stereocenters. The Morgan fingerprint density at radius 1 is 1.45 bits per heavy atom. The van der Waals surface area contributed by atoms with Gasteiger partial charge in [-0.05, 0) is 57.2 Å². The lowest BCUT2D eigenvalue weighted by Gasteiger charge is -2.34. The highest BCUT2D eigenvalue weighted by Gasteiger charge is 2.49. The Labute approximate surface area is 123 Å². The van der Waals surface area contributed by atoms with Gasteiger partial charge < -0.3 is 15.0 Å². The second kappa shape index (κ2) is 6.90. The van der Waals surface area contributed by atoms with Gasteiger partial charge >= 0.3 is 5.97 Å². The largest absolute Gasteiger partial charge is 0.468 e. The number of likely N-dealkylation sites (N-methyl/N-ethyl adjacent to an activating group) is 1. The second-order valence-corrected chi connectivity index (χ2v) is 6.57. The van der Waals surface area contributed by atoms with Crippen molar-refractivity contribution in [3.8, 4) is 0 Å². The molecule has 1 N–H and O–H groups in total. The van der Waals surface area contributed by atoms with E-state index < -0.39 is 5.54 Å². The third kappa shape index (κ3) is 3.17. The van der Waals surface area contributed by atoms with Crippen LogP contribution < -0.4 is 5.32 Å². The normalized spacial score (nSPS) is 34.5. The number of carbonyl (C=O) groups is 1. The van der Waals surface area contributed by atoms with Crippen LogP contribution in [0.15, 0.2) is 0 Å². The summed E-state index contributed by atoms with van der Waals surface area (Å²) < 4.78 is 5.09. The van der Waals surface area contributed by atoms with E-state index in [4.69, 9.17) is 4.74 Å². The molecule has 3 atom stereocenters. The Kier molecular flexibility index (Phi) is 5.44. The summed E-state index contributed by atoms with van der Waals surface area (Å²) in [6.07, 6.45) is 5.62. The Hall–Kier alpha value is -0.610. The van der Waals surface area contributed by atoms with Crippen LogP contribution in [0.25, 0.3) is 0 Å². The number of likely N-dealkylation sites (tertiary alicyclic amines) is 1. The summed E-state index contributed by atoms with van der Waals surface area (Å²) in [6.45, 7) is 8.79. The Balaban J connectivity index is 1.95. The summed E-state index contributed by atoms with van der Waals surface area (Å²) in [6, 6.07) is 0. The lowest BCUT2D eigenvalue weighted by Crippen LogP contribution is -2.55. The highest BCUT2D eigenvalue weighted by Crippen LogP contribution is 2.39. The lowest BCUT2D eigenvalue weighted by molar-refractivity contribution is -0.150. The molecule has 1 heterocycles. The van der Waals surface area contributed by atoms with Crippen molar-refractivity contribution in [3.05, 3.63) is 0 Å². The first kappa shape index (κ1) is 15.8. The molecule has 1 saturated heterocycles. The zero-order valence-corrected chi connectivity index (χ0v) is 13.3. The van der Waals surface area contributed by atoms with Crippen molar-refractivity contribution in [2.45, 2.75) is 51.5 Å². The van der Waals surface area contributed by atoms with Gasteiger partial charge in [-0.2, -0.15) is 0 Å². The van der Waals surface area contributed by atoms with Gasteiger partial charge in [0.25, 0.3) is 0 Å². The quantitative estimate of drug-likeness (QED) is 0.757. The van der Waals surface area contributed by atoms with E-state index in [1.807, 2.05) is 0 Å². The van der Waals surface area contributed by atoms with Crippen molar-refractivity contribution in [1.82, 2.24) is 10.2 Å². The molecule has 4 heteroatoms. The van der Waals surface area contributed by atoms with Crippen molar-refractivity contribution in [3.63, 3.8) is 0 Å². The summed E-state index contributed by atoms with van der Waals surface area (Å²) in [4.78, 5) is 14.8. The number of hydrogen-bond donors (Lipinski definition) is 1. The van der Waals surface area contributed by atoms with E-state index in [2.05, 4.69) is 24.1 Å². The van der Waals surface area contributed by atoms with Gasteiger partial charge in [0.05, 0.1) is 7.11 Å². The average Bonchev–Trinajstić information content (AvgIpc) is 3.03. The smallest absolute Gasteiger partial charge is 0.326 e. The van der Waals surface area contributed by atoms with E-state index in [9.17, 15) is 4.79 Å². The van der Waals surface area contributed by atoms with Crippen molar-refractivity contribution in [1.29, 1.82) is 0 Å². The number of rotatable bonds is 6. The van der Waals surface area contributed by atoms with Crippen LogP contribution >= 0.6 is 0 Å². The molecule has 0 amide bonds. The van der Waals surface area contributed by atoms with Crippen molar-refractivity contribution in [2.75, 3.05) is 33.3 Å². The number of nitrogens with one attached hydrogen (secondary N) is 1. The average molecular weight is 282 g/mol. The number of esters is 1. The zero-order chi connectivity index (χ0) is 14.6. The fourth-order valence-corrected chi connectivity index (χ4v) is 4.11. The van der Waals surface area contributed by atoms with Gasteiger partial charge in [-0.25, -0.2) is 0 Å². The Bertz CT molecular complexity index is 334. The van der Waals surface area contributed by atoms with Gasteiger partial charge in [-0.3, -0.25) is 4.79 Å². The van der Waals surface area contributed by atoms with E-state index in [1.54, 1.807) is 0 Å². The molecule has 0 aromatic heterocycles. The first-order valence-electron chi connectivity index (χ1n) is 8.18. The van der Waals surface area contributed by atoms with E-state index in [1.165, 1.54) is 26.6 Å². The fraction of sp³-hybridized carbons (Fsp3) is 0.938. The zero-order valence-electron chi connectivity index (χ0n) is 13.3. The highest BCUT2D eigenvalue weighted by molar-refractivity contribution is 5.81. The molecule has 2 rings (SSSR count). The standard InChI is InChI=1S/C16H30N2O2/c1-4-17-16(15(19)20-3)9-5-6-14(16)8-11-18-10-7-13(2)12-18/h13-14,17H,4-12H2,1-3H3. The van der Waals surface area contributed by atoms with Crippen LogP contribution in [0.3, 0.4) is 0 Å². The van der Waals surface area contributed by atoms with Crippen LogP contribution in [0, 0.1) is 11.8 Å². The van der Waals surface area contributed by atoms with Gasteiger partial charge in [0, 0.05) is 6.54 Å². The molecule has 1 aliphatic heterocycles. The molecule has 0 radical (unpaired) electrons. The third-order valence-corrected chi connectivity index (χ3v) is 5.16. The molecule has 0 aromatic rings. The van der Waals surface area contributed by atoms with Crippen LogP contribution in [-0.2, 0) is 9.53 Å². The summed E-state index contributed by atoms with van der Waals surface area (Å²) in [7, 11) is 1.51. The number of carbonyl (C=O) groups excluding carboxylic acids is 1. The van der Waals surface area contributed by atoms with Crippen LogP contribution in [0.2, 0.25) is 0 Å². The highest BCUT2D eigenvalue weighted by atomic mass is 16.5.